The molecule has 0 aliphatic heterocycles. The van der Waals surface area contributed by atoms with Crippen LogP contribution in [0.2, 0.25) is 0 Å². The lowest BCUT2D eigenvalue weighted by molar-refractivity contribution is 0.0934. The zero-order chi connectivity index (χ0) is 21.6. The van der Waals surface area contributed by atoms with Gasteiger partial charge in [0.2, 0.25) is 3.79 Å². The molecule has 0 fully saturated rings. The number of rotatable bonds is 6. The molecule has 11 heteroatoms. The normalized spacial score (nSPS) is 11.9. The van der Waals surface area contributed by atoms with Crippen LogP contribution in [0.25, 0.3) is 0 Å². The number of ether oxygens (including phenoxy) is 2. The Labute approximate surface area is 202 Å². The van der Waals surface area contributed by atoms with Crippen molar-refractivity contribution in [2.45, 2.75) is 9.96 Å². The summed E-state index contributed by atoms with van der Waals surface area (Å²) in [6.45, 7) is 0. The molecule has 2 rings (SSSR count). The van der Waals surface area contributed by atoms with Gasteiger partial charge < -0.3 is 25.4 Å². The first-order chi connectivity index (χ1) is 13.7. The van der Waals surface area contributed by atoms with Crippen molar-refractivity contribution in [2.24, 2.45) is 0 Å². The van der Waals surface area contributed by atoms with E-state index in [0.717, 1.165) is 9.26 Å². The third-order valence-corrected chi connectivity index (χ3v) is 5.46. The minimum Gasteiger partial charge on any atom is -0.493 e. The van der Waals surface area contributed by atoms with Gasteiger partial charge in [-0.1, -0.05) is 46.9 Å². The van der Waals surface area contributed by atoms with Crippen LogP contribution in [0.4, 0.5) is 5.69 Å². The lowest BCUT2D eigenvalue weighted by atomic mass is 10.2. The van der Waals surface area contributed by atoms with E-state index >= 15 is 0 Å². The maximum Gasteiger partial charge on any atom is 0.253 e. The highest BCUT2D eigenvalue weighted by Crippen LogP contribution is 2.30. The molecular formula is C18H17Cl3IN3O3S. The number of carbonyl (C=O) groups excluding carboxylic acids is 1. The van der Waals surface area contributed by atoms with Crippen LogP contribution < -0.4 is 25.4 Å². The molecule has 0 saturated carbocycles. The molecule has 29 heavy (non-hydrogen) atoms. The Hall–Kier alpha value is -1.20. The van der Waals surface area contributed by atoms with Gasteiger partial charge in [-0.15, -0.1) is 0 Å². The van der Waals surface area contributed by atoms with E-state index in [2.05, 4.69) is 38.5 Å². The fourth-order valence-corrected chi connectivity index (χ4v) is 3.32. The highest BCUT2D eigenvalue weighted by molar-refractivity contribution is 14.1. The fourth-order valence-electron chi connectivity index (χ4n) is 2.24. The Balaban J connectivity index is 2.13. The number of nitrogens with one attached hydrogen (secondary N) is 3. The Kier molecular flexibility index (Phi) is 8.90. The maximum absolute atomic E-state index is 12.7. The molecule has 3 N–H and O–H groups in total. The summed E-state index contributed by atoms with van der Waals surface area (Å²) in [4.78, 5) is 12.7. The highest BCUT2D eigenvalue weighted by atomic mass is 127. The van der Waals surface area contributed by atoms with E-state index < -0.39 is 15.9 Å². The summed E-state index contributed by atoms with van der Waals surface area (Å²) in [5.41, 5.74) is 1.07. The number of para-hydroxylation sites is 1. The molecule has 0 aromatic heterocycles. The zero-order valence-electron chi connectivity index (χ0n) is 15.3. The summed E-state index contributed by atoms with van der Waals surface area (Å²) in [5, 5.41) is 8.63. The van der Waals surface area contributed by atoms with Crippen LogP contribution >= 0.6 is 69.6 Å². The number of thiocarbonyl (C=S) groups is 1. The maximum atomic E-state index is 12.7. The summed E-state index contributed by atoms with van der Waals surface area (Å²) < 4.78 is 9.46. The van der Waals surface area contributed by atoms with Crippen LogP contribution in [0, 0.1) is 3.57 Å². The second kappa shape index (κ2) is 10.7. The van der Waals surface area contributed by atoms with Crippen molar-refractivity contribution < 1.29 is 14.3 Å². The first-order valence-corrected chi connectivity index (χ1v) is 10.7. The molecule has 2 aromatic rings. The van der Waals surface area contributed by atoms with E-state index in [1.807, 2.05) is 24.3 Å². The molecule has 0 aliphatic rings. The van der Waals surface area contributed by atoms with Crippen LogP contribution in [0.1, 0.15) is 10.4 Å². The van der Waals surface area contributed by atoms with Crippen molar-refractivity contribution >= 4 is 86.3 Å². The molecule has 1 atom stereocenters. The number of anilines is 1. The van der Waals surface area contributed by atoms with E-state index in [1.165, 1.54) is 20.3 Å². The third-order valence-electron chi connectivity index (χ3n) is 3.65. The largest absolute Gasteiger partial charge is 0.493 e. The Morgan fingerprint density at radius 1 is 1.07 bits per heavy atom. The van der Waals surface area contributed by atoms with Crippen LogP contribution in [-0.2, 0) is 0 Å². The molecule has 156 valence electrons. The van der Waals surface area contributed by atoms with E-state index in [4.69, 9.17) is 56.5 Å². The Morgan fingerprint density at radius 3 is 2.31 bits per heavy atom. The highest BCUT2D eigenvalue weighted by Gasteiger charge is 2.35. The summed E-state index contributed by atoms with van der Waals surface area (Å²) in [7, 11) is 2.97. The molecule has 0 unspecified atom stereocenters. The second-order valence-electron chi connectivity index (χ2n) is 5.60. The van der Waals surface area contributed by atoms with Crippen molar-refractivity contribution in [1.29, 1.82) is 0 Å². The number of hydrogen-bond donors (Lipinski definition) is 3. The number of methoxy groups -OCH3 is 2. The minimum absolute atomic E-state index is 0.179. The van der Waals surface area contributed by atoms with Gasteiger partial charge in [-0.3, -0.25) is 4.79 Å². The third kappa shape index (κ3) is 6.92. The van der Waals surface area contributed by atoms with Gasteiger partial charge in [0.15, 0.2) is 16.6 Å². The first-order valence-electron chi connectivity index (χ1n) is 8.07. The monoisotopic (exact) mass is 587 g/mol. The van der Waals surface area contributed by atoms with Crippen molar-refractivity contribution in [2.75, 3.05) is 19.5 Å². The number of hydrogen-bond acceptors (Lipinski definition) is 4. The van der Waals surface area contributed by atoms with Gasteiger partial charge in [0.1, 0.15) is 6.17 Å². The summed E-state index contributed by atoms with van der Waals surface area (Å²) in [6, 6.07) is 12.2. The van der Waals surface area contributed by atoms with Gasteiger partial charge in [0, 0.05) is 9.13 Å². The van der Waals surface area contributed by atoms with Crippen molar-refractivity contribution in [3.63, 3.8) is 0 Å². The molecule has 0 aliphatic carbocycles. The van der Waals surface area contributed by atoms with E-state index in [0.29, 0.717) is 17.1 Å². The van der Waals surface area contributed by atoms with Crippen LogP contribution in [0.15, 0.2) is 42.5 Å². The average Bonchev–Trinajstić information content (AvgIpc) is 2.67. The van der Waals surface area contributed by atoms with Crippen molar-refractivity contribution in [1.82, 2.24) is 10.6 Å². The fraction of sp³-hybridized carbons (Fsp3) is 0.222. The van der Waals surface area contributed by atoms with Crippen LogP contribution in [0.5, 0.6) is 11.5 Å². The molecule has 0 heterocycles. The van der Waals surface area contributed by atoms with E-state index in [1.54, 1.807) is 12.1 Å². The predicted octanol–water partition coefficient (Wildman–Crippen LogP) is 4.72. The first kappa shape index (κ1) is 24.1. The Morgan fingerprint density at radius 2 is 1.72 bits per heavy atom. The average molecular weight is 589 g/mol. The van der Waals surface area contributed by atoms with Crippen LogP contribution in [0.3, 0.4) is 0 Å². The lowest BCUT2D eigenvalue weighted by Crippen LogP contribution is -2.56. The number of halogens is 4. The predicted molar refractivity (Wildman–Crippen MR) is 130 cm³/mol. The quantitative estimate of drug-likeness (QED) is 0.196. The summed E-state index contributed by atoms with van der Waals surface area (Å²) in [5.74, 6) is 0.393. The number of benzene rings is 2. The van der Waals surface area contributed by atoms with Crippen molar-refractivity contribution in [3.05, 3.63) is 51.6 Å². The topological polar surface area (TPSA) is 71.6 Å². The van der Waals surface area contributed by atoms with Gasteiger partial charge >= 0.3 is 0 Å². The lowest BCUT2D eigenvalue weighted by Gasteiger charge is -2.28. The van der Waals surface area contributed by atoms with Crippen LogP contribution in [-0.4, -0.2) is 35.2 Å². The van der Waals surface area contributed by atoms with E-state index in [-0.39, 0.29) is 5.11 Å². The number of amides is 1. The standard InChI is InChI=1S/C18H17Cl3IN3O3S/c1-27-13-8-7-10(9-14(13)28-2)15(26)24-16(18(19,20)21)25-17(29)23-12-6-4-3-5-11(12)22/h3-9,16H,1-2H3,(H,24,26)(H2,23,25,29)/t16-/m1/s1. The molecule has 1 amide bonds. The molecular weight excluding hydrogens is 572 g/mol. The summed E-state index contributed by atoms with van der Waals surface area (Å²) in [6.07, 6.45) is -1.10. The molecule has 0 spiro atoms. The molecule has 0 radical (unpaired) electrons. The number of alkyl halides is 3. The summed E-state index contributed by atoms with van der Waals surface area (Å²) >= 11 is 25.6. The molecule has 0 saturated heterocycles. The van der Waals surface area contributed by atoms with Crippen molar-refractivity contribution in [3.8, 4) is 11.5 Å². The smallest absolute Gasteiger partial charge is 0.253 e. The molecule has 6 nitrogen and oxygen atoms in total. The molecule has 2 aromatic carbocycles. The van der Waals surface area contributed by atoms with Gasteiger partial charge in [-0.2, -0.15) is 0 Å². The van der Waals surface area contributed by atoms with Gasteiger partial charge in [-0.25, -0.2) is 0 Å². The van der Waals surface area contributed by atoms with Gasteiger partial charge in [-0.05, 0) is 65.1 Å². The number of carbonyl (C=O) groups is 1. The second-order valence-corrected chi connectivity index (χ2v) is 9.54. The zero-order valence-corrected chi connectivity index (χ0v) is 20.5. The minimum atomic E-state index is -1.87. The Bertz CT molecular complexity index is 896. The van der Waals surface area contributed by atoms with E-state index in [9.17, 15) is 4.79 Å². The van der Waals surface area contributed by atoms with Gasteiger partial charge in [0.25, 0.3) is 5.91 Å². The SMILES string of the molecule is COc1ccc(C(=O)N[C@H](NC(=S)Nc2ccccc2I)C(Cl)(Cl)Cl)cc1OC. The van der Waals surface area contributed by atoms with Gasteiger partial charge in [0.05, 0.1) is 19.9 Å². The molecule has 0 bridgehead atoms.